The molecule has 0 aliphatic rings. The first kappa shape index (κ1) is 45.9. The Hall–Kier alpha value is -6.60. The molecule has 4 aromatic carbocycles. The third-order valence-corrected chi connectivity index (χ3v) is 10.8. The molecule has 0 atom stereocenters. The summed E-state index contributed by atoms with van der Waals surface area (Å²) < 4.78 is 20.5. The van der Waals surface area contributed by atoms with E-state index in [4.69, 9.17) is 19.4 Å². The molecule has 0 unspecified atom stereocenters. The first-order chi connectivity index (χ1) is 30.9. The molecule has 10 nitrogen and oxygen atoms in total. The minimum atomic E-state index is -0.000119. The van der Waals surface area contributed by atoms with Crippen molar-refractivity contribution in [2.45, 2.75) is 52.4 Å². The van der Waals surface area contributed by atoms with Crippen LogP contribution in [0.2, 0.25) is 0 Å². The summed E-state index contributed by atoms with van der Waals surface area (Å²) in [6.45, 7) is 13.1. The maximum Gasteiger partial charge on any atom is 0.269 e. The monoisotopic (exact) mass is 1220 g/mol. The quantitative estimate of drug-likeness (QED) is 0.106. The molecule has 334 valence electrons. The van der Waals surface area contributed by atoms with E-state index in [1.165, 1.54) is 0 Å². The van der Waals surface area contributed by atoms with Crippen LogP contribution in [-0.4, -0.2) is 29.1 Å². The maximum atomic E-state index is 6.32. The summed E-state index contributed by atoms with van der Waals surface area (Å²) in [4.78, 5) is 18.7. The molecular weight excluding hydrogens is 1180 g/mol. The Kier molecular flexibility index (Phi) is 13.0. The van der Waals surface area contributed by atoms with E-state index in [1.54, 1.807) is 24.5 Å². The summed E-state index contributed by atoms with van der Waals surface area (Å²) in [5, 5.41) is 0. The Labute approximate surface area is 413 Å². The molecule has 12 heteroatoms. The van der Waals surface area contributed by atoms with Crippen LogP contribution in [0.15, 0.2) is 146 Å². The number of aromatic nitrogens is 8. The first-order valence-corrected chi connectivity index (χ1v) is 21.0. The van der Waals surface area contributed by atoms with Crippen molar-refractivity contribution in [1.29, 1.82) is 0 Å². The molecule has 0 N–H and O–H groups in total. The number of benzene rings is 4. The summed E-state index contributed by atoms with van der Waals surface area (Å²) in [6.07, 6.45) is 14.1. The number of fused-ring (bicyclic) bond motifs is 2. The van der Waals surface area contributed by atoms with Crippen LogP contribution >= 0.6 is 0 Å². The van der Waals surface area contributed by atoms with Crippen molar-refractivity contribution in [1.82, 2.24) is 29.1 Å². The molecule has 66 heavy (non-hydrogen) atoms. The predicted molar refractivity (Wildman–Crippen MR) is 243 cm³/mol. The predicted octanol–water partition coefficient (Wildman–Crippen LogP) is 10.4. The van der Waals surface area contributed by atoms with Gasteiger partial charge in [-0.15, -0.1) is 47.8 Å². The van der Waals surface area contributed by atoms with Gasteiger partial charge in [-0.05, 0) is 57.9 Å². The summed E-state index contributed by atoms with van der Waals surface area (Å²) in [7, 11) is 0. The van der Waals surface area contributed by atoms with Gasteiger partial charge in [0.25, 0.3) is 12.7 Å². The van der Waals surface area contributed by atoms with E-state index < -0.39 is 0 Å². The molecule has 10 rings (SSSR count). The number of hydrogen-bond acceptors (Lipinski definition) is 6. The SMILES string of the molecule is CC(C)(C)c1ccc(-n2[c-][n+](-c3[c-]c(Oc4[c-]c(-c5[c-]c(Oc6[c-]c(-[n+]7[c-]n(-c8ccc(C(C)(C)C)cn8)c8ccccc87)ccc6)ccn5)ncc4)ccc3)c3ccccc32)nc1.[Pt].[Pt]. The standard InChI is InChI=1S/C54H42N8O2.2Pt/c1-53(2,3)37-21-23-51(57-33-37)61-35-59(47-17-7-9-19-49(47)61)39-13-11-15-41(29-39)63-43-25-27-55-45(31-43)46-32-44(26-28-56-46)64-42-16-12-14-40(30-42)60-36-62(50-20-10-8-18-48(50)60)52-24-22-38(34-58-52)54(4,5)6;;/h7-28,33-34H,1-6H3;;/q-4;;. The average molecular weight is 1230 g/mol. The largest absolute Gasteiger partial charge is 0.511 e. The van der Waals surface area contributed by atoms with Crippen molar-refractivity contribution in [3.63, 3.8) is 0 Å². The van der Waals surface area contributed by atoms with E-state index in [1.807, 2.05) is 103 Å². The molecule has 0 fully saturated rings. The zero-order valence-electron chi connectivity index (χ0n) is 36.9. The smallest absolute Gasteiger partial charge is 0.269 e. The van der Waals surface area contributed by atoms with Crippen molar-refractivity contribution in [3.05, 3.63) is 194 Å². The Morgan fingerprint density at radius 3 is 1.24 bits per heavy atom. The molecule has 6 aromatic heterocycles. The summed E-state index contributed by atoms with van der Waals surface area (Å²) in [5.74, 6) is 3.41. The van der Waals surface area contributed by atoms with Crippen LogP contribution in [0.25, 0.3) is 56.5 Å². The first-order valence-electron chi connectivity index (χ1n) is 21.0. The average Bonchev–Trinajstić information content (AvgIpc) is 3.89. The second-order valence-corrected chi connectivity index (χ2v) is 17.4. The van der Waals surface area contributed by atoms with E-state index in [0.29, 0.717) is 34.4 Å². The van der Waals surface area contributed by atoms with Crippen LogP contribution < -0.4 is 18.6 Å². The zero-order chi connectivity index (χ0) is 44.0. The fraction of sp³-hybridized carbons (Fsp3) is 0.148. The van der Waals surface area contributed by atoms with Gasteiger partial charge in [-0.25, -0.2) is 0 Å². The van der Waals surface area contributed by atoms with Crippen LogP contribution in [0.4, 0.5) is 0 Å². The van der Waals surface area contributed by atoms with Crippen LogP contribution in [0.5, 0.6) is 23.0 Å². The molecule has 0 spiro atoms. The molecule has 0 bridgehead atoms. The second kappa shape index (κ2) is 18.7. The van der Waals surface area contributed by atoms with E-state index in [2.05, 4.69) is 125 Å². The van der Waals surface area contributed by atoms with Crippen molar-refractivity contribution in [2.24, 2.45) is 0 Å². The van der Waals surface area contributed by atoms with Gasteiger partial charge < -0.3 is 28.6 Å². The van der Waals surface area contributed by atoms with Gasteiger partial charge in [-0.1, -0.05) is 102 Å². The number of ether oxygens (including phenoxy) is 2. The third-order valence-electron chi connectivity index (χ3n) is 10.8. The second-order valence-electron chi connectivity index (χ2n) is 17.4. The Balaban J connectivity index is 0.00000296. The molecular formula is C54H42N8O2Pt2-4. The van der Waals surface area contributed by atoms with Gasteiger partial charge in [0.15, 0.2) is 11.6 Å². The topological polar surface area (TPSA) is 87.6 Å². The fourth-order valence-corrected chi connectivity index (χ4v) is 7.33. The van der Waals surface area contributed by atoms with Gasteiger partial charge in [0.2, 0.25) is 0 Å². The molecule has 0 amide bonds. The number of imidazole rings is 2. The van der Waals surface area contributed by atoms with Crippen molar-refractivity contribution in [3.8, 4) is 57.4 Å². The normalized spacial score (nSPS) is 11.5. The van der Waals surface area contributed by atoms with Gasteiger partial charge >= 0.3 is 0 Å². The molecule has 10 aromatic rings. The van der Waals surface area contributed by atoms with Crippen molar-refractivity contribution < 1.29 is 60.7 Å². The van der Waals surface area contributed by atoms with E-state index in [0.717, 1.165) is 56.2 Å². The summed E-state index contributed by atoms with van der Waals surface area (Å²) in [6, 6.07) is 52.8. The third kappa shape index (κ3) is 9.39. The van der Waals surface area contributed by atoms with Crippen molar-refractivity contribution >= 4 is 22.1 Å². The fourth-order valence-electron chi connectivity index (χ4n) is 7.33. The number of nitrogens with zero attached hydrogens (tertiary/aromatic N) is 8. The summed E-state index contributed by atoms with van der Waals surface area (Å²) >= 11 is 0. The van der Waals surface area contributed by atoms with Gasteiger partial charge in [0.05, 0.1) is 22.1 Å². The van der Waals surface area contributed by atoms with Gasteiger partial charge in [0, 0.05) is 77.5 Å². The van der Waals surface area contributed by atoms with E-state index >= 15 is 0 Å². The Bertz CT molecular complexity index is 3090. The van der Waals surface area contributed by atoms with E-state index in [9.17, 15) is 0 Å². The van der Waals surface area contributed by atoms with Gasteiger partial charge in [-0.2, -0.15) is 36.4 Å². The zero-order valence-corrected chi connectivity index (χ0v) is 41.4. The number of para-hydroxylation sites is 4. The summed E-state index contributed by atoms with van der Waals surface area (Å²) in [5.41, 5.74) is 8.52. The molecule has 0 aliphatic carbocycles. The van der Waals surface area contributed by atoms with Gasteiger partial charge in [0.1, 0.15) is 0 Å². The van der Waals surface area contributed by atoms with E-state index in [-0.39, 0.29) is 53.0 Å². The molecule has 0 radical (unpaired) electrons. The molecule has 6 heterocycles. The molecule has 0 saturated heterocycles. The Morgan fingerprint density at radius 1 is 0.439 bits per heavy atom. The van der Waals surface area contributed by atoms with Crippen LogP contribution in [0.1, 0.15) is 52.7 Å². The maximum absolute atomic E-state index is 6.32. The minimum absolute atomic E-state index is 0. The minimum Gasteiger partial charge on any atom is -0.511 e. The van der Waals surface area contributed by atoms with Crippen LogP contribution in [0.3, 0.4) is 0 Å². The Morgan fingerprint density at radius 2 is 0.848 bits per heavy atom. The number of pyridine rings is 4. The molecule has 0 aliphatic heterocycles. The van der Waals surface area contributed by atoms with Gasteiger partial charge in [-0.3, -0.25) is 19.1 Å². The van der Waals surface area contributed by atoms with Crippen LogP contribution in [0, 0.1) is 36.9 Å². The number of rotatable bonds is 9. The number of hydrogen-bond donors (Lipinski definition) is 0. The molecule has 0 saturated carbocycles. The van der Waals surface area contributed by atoms with Crippen LogP contribution in [-0.2, 0) is 53.0 Å². The van der Waals surface area contributed by atoms with Crippen molar-refractivity contribution in [2.75, 3.05) is 0 Å².